The van der Waals surface area contributed by atoms with Gasteiger partial charge in [0.15, 0.2) is 0 Å². The van der Waals surface area contributed by atoms with Crippen LogP contribution in [0.25, 0.3) is 20.8 Å². The molecule has 0 bridgehead atoms. The lowest BCUT2D eigenvalue weighted by molar-refractivity contribution is -0.114. The second-order valence-electron chi connectivity index (χ2n) is 7.22. The van der Waals surface area contributed by atoms with Gasteiger partial charge in [-0.15, -0.1) is 11.3 Å². The van der Waals surface area contributed by atoms with E-state index < -0.39 is 10.0 Å². The Hall–Kier alpha value is -3.43. The van der Waals surface area contributed by atoms with Gasteiger partial charge in [-0.05, 0) is 67.1 Å². The number of fused-ring (bicyclic) bond motifs is 1. The molecule has 4 rings (SSSR count). The molecule has 3 aromatic carbocycles. The average molecular weight is 468 g/mol. The van der Waals surface area contributed by atoms with Crippen LogP contribution in [0.5, 0.6) is 5.75 Å². The van der Waals surface area contributed by atoms with E-state index in [9.17, 15) is 13.2 Å². The van der Waals surface area contributed by atoms with Crippen LogP contribution in [0.1, 0.15) is 12.5 Å². The average Bonchev–Trinajstić information content (AvgIpc) is 3.16. The third kappa shape index (κ3) is 4.58. The molecule has 9 heteroatoms. The molecule has 0 atom stereocenters. The van der Waals surface area contributed by atoms with Gasteiger partial charge in [0.25, 0.3) is 10.0 Å². The van der Waals surface area contributed by atoms with Crippen LogP contribution < -0.4 is 14.8 Å². The fourth-order valence-electron chi connectivity index (χ4n) is 3.21. The minimum atomic E-state index is -3.96. The maximum Gasteiger partial charge on any atom is 0.265 e. The van der Waals surface area contributed by atoms with Crippen molar-refractivity contribution in [1.29, 1.82) is 0 Å². The molecule has 1 aromatic heterocycles. The normalized spacial score (nSPS) is 11.3. The second kappa shape index (κ2) is 8.60. The Labute approximate surface area is 190 Å². The van der Waals surface area contributed by atoms with Crippen molar-refractivity contribution in [2.75, 3.05) is 17.1 Å². The second-order valence-corrected chi connectivity index (χ2v) is 9.90. The molecule has 0 spiro atoms. The molecule has 2 N–H and O–H groups in total. The first kappa shape index (κ1) is 21.8. The van der Waals surface area contributed by atoms with Gasteiger partial charge in [0.1, 0.15) is 15.7 Å². The van der Waals surface area contributed by atoms with E-state index in [1.807, 2.05) is 31.2 Å². The molecular formula is C23H21N3O4S2. The third-order valence-electron chi connectivity index (χ3n) is 4.70. The Kier molecular flexibility index (Phi) is 5.86. The molecule has 0 fully saturated rings. The molecular weight excluding hydrogens is 446 g/mol. The highest BCUT2D eigenvalue weighted by atomic mass is 32.2. The van der Waals surface area contributed by atoms with Gasteiger partial charge in [-0.2, -0.15) is 0 Å². The summed E-state index contributed by atoms with van der Waals surface area (Å²) in [5, 5.41) is 3.45. The van der Waals surface area contributed by atoms with Crippen molar-refractivity contribution < 1.29 is 17.9 Å². The monoisotopic (exact) mass is 467 g/mol. The summed E-state index contributed by atoms with van der Waals surface area (Å²) in [6, 6.07) is 17.6. The van der Waals surface area contributed by atoms with Crippen molar-refractivity contribution in [2.45, 2.75) is 18.7 Å². The first-order chi connectivity index (χ1) is 15.2. The zero-order valence-electron chi connectivity index (χ0n) is 17.7. The first-order valence-electron chi connectivity index (χ1n) is 9.71. The summed E-state index contributed by atoms with van der Waals surface area (Å²) >= 11 is 1.59. The molecule has 164 valence electrons. The van der Waals surface area contributed by atoms with Crippen LogP contribution >= 0.6 is 11.3 Å². The number of nitrogens with zero attached hydrogens (tertiary/aromatic N) is 1. The first-order valence-corrected chi connectivity index (χ1v) is 12.0. The molecule has 0 saturated carbocycles. The fraction of sp³-hybridized carbons (Fsp3) is 0.130. The summed E-state index contributed by atoms with van der Waals surface area (Å²) < 4.78 is 34.9. The van der Waals surface area contributed by atoms with Gasteiger partial charge >= 0.3 is 0 Å². The lowest BCUT2D eigenvalue weighted by Gasteiger charge is -2.13. The number of sulfonamides is 1. The molecule has 0 unspecified atom stereocenters. The molecule has 0 aliphatic heterocycles. The van der Waals surface area contributed by atoms with Crippen molar-refractivity contribution in [3.05, 3.63) is 66.2 Å². The van der Waals surface area contributed by atoms with Crippen LogP contribution in [0.2, 0.25) is 0 Å². The number of nitrogens with one attached hydrogen (secondary N) is 2. The van der Waals surface area contributed by atoms with Gasteiger partial charge in [-0.1, -0.05) is 6.07 Å². The van der Waals surface area contributed by atoms with E-state index in [4.69, 9.17) is 4.74 Å². The number of methoxy groups -OCH3 is 1. The number of thiazole rings is 1. The van der Waals surface area contributed by atoms with Gasteiger partial charge in [-0.25, -0.2) is 13.4 Å². The number of hydrogen-bond donors (Lipinski definition) is 2. The molecule has 1 amide bonds. The summed E-state index contributed by atoms with van der Waals surface area (Å²) in [6.45, 7) is 3.39. The highest BCUT2D eigenvalue weighted by Gasteiger charge is 2.21. The lowest BCUT2D eigenvalue weighted by atomic mass is 10.2. The molecule has 0 aliphatic rings. The standard InChI is InChI=1S/C23H21N3O4S2/c1-14-4-10-19-21(12-14)31-23(25-19)16-5-7-17(8-6-16)26-32(28,29)22-13-18(24-15(2)27)9-11-20(22)30-3/h4-13,26H,1-3H3,(H,24,27). The van der Waals surface area contributed by atoms with Crippen molar-refractivity contribution in [3.63, 3.8) is 0 Å². The number of aryl methyl sites for hydroxylation is 1. The van der Waals surface area contributed by atoms with Crippen LogP contribution in [0.3, 0.4) is 0 Å². The third-order valence-corrected chi connectivity index (χ3v) is 7.17. The fourth-order valence-corrected chi connectivity index (χ4v) is 5.54. The van der Waals surface area contributed by atoms with Crippen molar-refractivity contribution in [3.8, 4) is 16.3 Å². The molecule has 0 radical (unpaired) electrons. The molecule has 1 heterocycles. The van der Waals surface area contributed by atoms with Gasteiger partial charge < -0.3 is 10.1 Å². The summed E-state index contributed by atoms with van der Waals surface area (Å²) in [4.78, 5) is 15.9. The van der Waals surface area contributed by atoms with Crippen molar-refractivity contribution in [1.82, 2.24) is 4.98 Å². The number of ether oxygens (including phenoxy) is 1. The van der Waals surface area contributed by atoms with Gasteiger partial charge in [0.2, 0.25) is 5.91 Å². The Morgan fingerprint density at radius 3 is 2.41 bits per heavy atom. The van der Waals surface area contributed by atoms with Gasteiger partial charge in [0, 0.05) is 23.9 Å². The van der Waals surface area contributed by atoms with Crippen molar-refractivity contribution >= 4 is 48.9 Å². The van der Waals surface area contributed by atoms with E-state index in [1.54, 1.807) is 29.5 Å². The lowest BCUT2D eigenvalue weighted by Crippen LogP contribution is -2.15. The van der Waals surface area contributed by atoms with E-state index in [1.165, 1.54) is 31.7 Å². The number of benzene rings is 3. The van der Waals surface area contributed by atoms with Crippen LogP contribution in [-0.4, -0.2) is 26.4 Å². The Bertz CT molecular complexity index is 1410. The number of carbonyl (C=O) groups is 1. The van der Waals surface area contributed by atoms with Crippen LogP contribution in [-0.2, 0) is 14.8 Å². The van der Waals surface area contributed by atoms with Crippen LogP contribution in [0.4, 0.5) is 11.4 Å². The number of carbonyl (C=O) groups excluding carboxylic acids is 1. The summed E-state index contributed by atoms with van der Waals surface area (Å²) in [6.07, 6.45) is 0. The molecule has 7 nitrogen and oxygen atoms in total. The topological polar surface area (TPSA) is 97.4 Å². The summed E-state index contributed by atoms with van der Waals surface area (Å²) in [5.74, 6) is -0.125. The molecule has 4 aromatic rings. The minimum absolute atomic E-state index is 0.0723. The summed E-state index contributed by atoms with van der Waals surface area (Å²) in [7, 11) is -2.57. The zero-order chi connectivity index (χ0) is 22.9. The SMILES string of the molecule is COc1ccc(NC(C)=O)cc1S(=O)(=O)Nc1ccc(-c2nc3ccc(C)cc3s2)cc1. The largest absolute Gasteiger partial charge is 0.495 e. The molecule has 32 heavy (non-hydrogen) atoms. The quantitative estimate of drug-likeness (QED) is 0.414. The highest BCUT2D eigenvalue weighted by Crippen LogP contribution is 2.32. The predicted molar refractivity (Wildman–Crippen MR) is 128 cm³/mol. The van der Waals surface area contributed by atoms with E-state index in [0.29, 0.717) is 11.4 Å². The predicted octanol–water partition coefficient (Wildman–Crippen LogP) is 5.04. The number of anilines is 2. The van der Waals surface area contributed by atoms with Crippen LogP contribution in [0, 0.1) is 6.92 Å². The maximum atomic E-state index is 13.0. The summed E-state index contributed by atoms with van der Waals surface area (Å²) in [5.41, 5.74) is 3.77. The zero-order valence-corrected chi connectivity index (χ0v) is 19.3. The number of hydrogen-bond acceptors (Lipinski definition) is 6. The number of amides is 1. The van der Waals surface area contributed by atoms with E-state index in [-0.39, 0.29) is 16.6 Å². The number of rotatable bonds is 6. The van der Waals surface area contributed by atoms with E-state index in [0.717, 1.165) is 20.8 Å². The minimum Gasteiger partial charge on any atom is -0.495 e. The number of aromatic nitrogens is 1. The Morgan fingerprint density at radius 2 is 1.72 bits per heavy atom. The maximum absolute atomic E-state index is 13.0. The smallest absolute Gasteiger partial charge is 0.265 e. The van der Waals surface area contributed by atoms with Crippen molar-refractivity contribution in [2.24, 2.45) is 0 Å². The Morgan fingerprint density at radius 1 is 1.00 bits per heavy atom. The Balaban J connectivity index is 1.60. The van der Waals surface area contributed by atoms with Gasteiger partial charge in [0.05, 0.1) is 17.3 Å². The molecule has 0 aliphatic carbocycles. The van der Waals surface area contributed by atoms with Gasteiger partial charge in [-0.3, -0.25) is 9.52 Å². The molecule has 0 saturated heterocycles. The van der Waals surface area contributed by atoms with Crippen LogP contribution in [0.15, 0.2) is 65.6 Å². The van der Waals surface area contributed by atoms with E-state index >= 15 is 0 Å². The highest BCUT2D eigenvalue weighted by molar-refractivity contribution is 7.92. The van der Waals surface area contributed by atoms with E-state index in [2.05, 4.69) is 21.1 Å².